The molecule has 0 unspecified atom stereocenters. The van der Waals surface area contributed by atoms with Crippen LogP contribution in [0.25, 0.3) is 16.7 Å². The Bertz CT molecular complexity index is 1400. The first-order valence-corrected chi connectivity index (χ1v) is 12.9. The van der Waals surface area contributed by atoms with Gasteiger partial charge in [-0.3, -0.25) is 9.36 Å². The van der Waals surface area contributed by atoms with Crippen molar-refractivity contribution >= 4 is 38.7 Å². The maximum atomic E-state index is 12.4. The van der Waals surface area contributed by atoms with Gasteiger partial charge in [0, 0.05) is 12.2 Å². The van der Waals surface area contributed by atoms with Crippen molar-refractivity contribution in [3.05, 3.63) is 83.9 Å². The number of aryl methyl sites for hydroxylation is 1. The fourth-order valence-electron chi connectivity index (χ4n) is 3.49. The third-order valence-electron chi connectivity index (χ3n) is 5.11. The van der Waals surface area contributed by atoms with Gasteiger partial charge in [-0.1, -0.05) is 48.2 Å². The summed E-state index contributed by atoms with van der Waals surface area (Å²) in [7, 11) is -3.70. The summed E-state index contributed by atoms with van der Waals surface area (Å²) in [5.74, 6) is 0.142. The number of amides is 1. The van der Waals surface area contributed by atoms with Crippen LogP contribution < -0.4 is 10.5 Å². The highest BCUT2D eigenvalue weighted by Crippen LogP contribution is 2.28. The second kappa shape index (κ2) is 9.78. The lowest BCUT2D eigenvalue weighted by Crippen LogP contribution is -2.27. The summed E-state index contributed by atoms with van der Waals surface area (Å²) in [6.07, 6.45) is 0.586. The number of nitrogens with two attached hydrogens (primary N) is 1. The summed E-state index contributed by atoms with van der Waals surface area (Å²) < 4.78 is 24.7. The van der Waals surface area contributed by atoms with Gasteiger partial charge in [0.2, 0.25) is 15.9 Å². The van der Waals surface area contributed by atoms with E-state index >= 15 is 0 Å². The number of carbonyl (C=O) groups is 1. The average Bonchev–Trinajstić information content (AvgIpc) is 3.16. The molecule has 0 saturated carbocycles. The molecule has 0 radical (unpaired) electrons. The number of nitrogens with zero attached hydrogens (tertiary/aromatic N) is 2. The Hall–Kier alpha value is -3.14. The molecule has 4 rings (SSSR count). The van der Waals surface area contributed by atoms with Gasteiger partial charge in [-0.2, -0.15) is 0 Å². The number of primary sulfonamides is 1. The van der Waals surface area contributed by atoms with E-state index < -0.39 is 10.0 Å². The Morgan fingerprint density at radius 2 is 1.82 bits per heavy atom. The molecule has 0 aliphatic carbocycles. The fourth-order valence-corrected chi connectivity index (χ4v) is 4.86. The van der Waals surface area contributed by atoms with Gasteiger partial charge in [-0.05, 0) is 60.9 Å². The van der Waals surface area contributed by atoms with Crippen molar-refractivity contribution in [2.45, 2.75) is 23.4 Å². The van der Waals surface area contributed by atoms with Crippen LogP contribution in [0, 0.1) is 6.92 Å². The van der Waals surface area contributed by atoms with Crippen LogP contribution in [-0.4, -0.2) is 36.2 Å². The Morgan fingerprint density at radius 3 is 2.55 bits per heavy atom. The molecular formula is C24H24N4O3S2. The lowest BCUT2D eigenvalue weighted by atomic mass is 10.1. The summed E-state index contributed by atoms with van der Waals surface area (Å²) in [6.45, 7) is 2.49. The van der Waals surface area contributed by atoms with Crippen molar-refractivity contribution in [3.63, 3.8) is 0 Å². The van der Waals surface area contributed by atoms with E-state index in [2.05, 4.69) is 16.0 Å². The Morgan fingerprint density at radius 1 is 1.06 bits per heavy atom. The topological polar surface area (TPSA) is 107 Å². The van der Waals surface area contributed by atoms with Crippen LogP contribution in [0.15, 0.2) is 82.8 Å². The van der Waals surface area contributed by atoms with E-state index in [1.807, 2.05) is 49.4 Å². The first kappa shape index (κ1) is 23.0. The van der Waals surface area contributed by atoms with E-state index in [1.165, 1.54) is 23.9 Å². The van der Waals surface area contributed by atoms with Crippen molar-refractivity contribution in [1.82, 2.24) is 14.9 Å². The molecule has 0 fully saturated rings. The van der Waals surface area contributed by atoms with E-state index in [-0.39, 0.29) is 16.6 Å². The zero-order valence-electron chi connectivity index (χ0n) is 18.1. The van der Waals surface area contributed by atoms with E-state index in [0.717, 1.165) is 33.0 Å². The highest BCUT2D eigenvalue weighted by Gasteiger charge is 2.14. The molecule has 0 bridgehead atoms. The Labute approximate surface area is 197 Å². The molecule has 0 aliphatic heterocycles. The number of carbonyl (C=O) groups excluding carboxylic acids is 1. The van der Waals surface area contributed by atoms with E-state index in [1.54, 1.807) is 12.1 Å². The smallest absolute Gasteiger partial charge is 0.238 e. The van der Waals surface area contributed by atoms with Gasteiger partial charge in [0.15, 0.2) is 5.16 Å². The molecule has 7 nitrogen and oxygen atoms in total. The van der Waals surface area contributed by atoms with Crippen LogP contribution in [0.4, 0.5) is 0 Å². The Balaban J connectivity index is 1.39. The minimum Gasteiger partial charge on any atom is -0.355 e. The number of hydrogen-bond donors (Lipinski definition) is 2. The van der Waals surface area contributed by atoms with Crippen LogP contribution >= 0.6 is 11.8 Å². The van der Waals surface area contributed by atoms with E-state index in [4.69, 9.17) is 10.1 Å². The minimum absolute atomic E-state index is 0.0724. The summed E-state index contributed by atoms with van der Waals surface area (Å²) in [6, 6.07) is 22.4. The van der Waals surface area contributed by atoms with Crippen LogP contribution in [-0.2, 0) is 21.2 Å². The van der Waals surface area contributed by atoms with Gasteiger partial charge in [0.1, 0.15) is 0 Å². The third-order valence-corrected chi connectivity index (χ3v) is 6.98. The lowest BCUT2D eigenvalue weighted by Gasteiger charge is -2.10. The average molecular weight is 481 g/mol. The van der Waals surface area contributed by atoms with Gasteiger partial charge >= 0.3 is 0 Å². The molecule has 9 heteroatoms. The summed E-state index contributed by atoms with van der Waals surface area (Å²) >= 11 is 1.39. The zero-order chi connectivity index (χ0) is 23.4. The number of fused-ring (bicyclic) bond motifs is 1. The number of hydrogen-bond acceptors (Lipinski definition) is 5. The predicted molar refractivity (Wildman–Crippen MR) is 131 cm³/mol. The molecule has 3 aromatic carbocycles. The number of para-hydroxylation sites is 2. The number of imidazole rings is 1. The van der Waals surface area contributed by atoms with Crippen LogP contribution in [0.2, 0.25) is 0 Å². The maximum absolute atomic E-state index is 12.4. The standard InChI is InChI=1S/C24H24N4O3S2/c1-17-5-4-6-19(15-17)28-22-8-3-2-7-21(22)27-24(28)32-16-23(29)26-14-13-18-9-11-20(12-10-18)33(25,30)31/h2-12,15H,13-14,16H2,1H3,(H,26,29)(H2,25,30,31). The molecule has 0 atom stereocenters. The molecule has 1 heterocycles. The number of aromatic nitrogens is 2. The monoisotopic (exact) mass is 480 g/mol. The molecule has 0 saturated heterocycles. The number of benzene rings is 3. The van der Waals surface area contributed by atoms with E-state index in [9.17, 15) is 13.2 Å². The van der Waals surface area contributed by atoms with Crippen LogP contribution in [0.5, 0.6) is 0 Å². The molecule has 4 aromatic rings. The second-order valence-corrected chi connectivity index (χ2v) is 10.1. The predicted octanol–water partition coefficient (Wildman–Crippen LogP) is 3.43. The lowest BCUT2D eigenvalue weighted by molar-refractivity contribution is -0.118. The maximum Gasteiger partial charge on any atom is 0.238 e. The normalized spacial score (nSPS) is 11.6. The first-order chi connectivity index (χ1) is 15.8. The van der Waals surface area contributed by atoms with Gasteiger partial charge < -0.3 is 5.32 Å². The molecule has 33 heavy (non-hydrogen) atoms. The van der Waals surface area contributed by atoms with Crippen LogP contribution in [0.3, 0.4) is 0 Å². The molecule has 1 aromatic heterocycles. The first-order valence-electron chi connectivity index (χ1n) is 10.4. The molecule has 3 N–H and O–H groups in total. The number of nitrogens with one attached hydrogen (secondary N) is 1. The van der Waals surface area contributed by atoms with Crippen molar-refractivity contribution in [3.8, 4) is 5.69 Å². The van der Waals surface area contributed by atoms with Gasteiger partial charge in [-0.25, -0.2) is 18.5 Å². The second-order valence-electron chi connectivity index (χ2n) is 7.64. The highest BCUT2D eigenvalue weighted by molar-refractivity contribution is 7.99. The molecule has 1 amide bonds. The van der Waals surface area contributed by atoms with Crippen molar-refractivity contribution in [1.29, 1.82) is 0 Å². The largest absolute Gasteiger partial charge is 0.355 e. The van der Waals surface area contributed by atoms with Gasteiger partial charge in [0.05, 0.1) is 21.7 Å². The molecule has 0 aliphatic rings. The van der Waals surface area contributed by atoms with E-state index in [0.29, 0.717) is 13.0 Å². The molecular weight excluding hydrogens is 456 g/mol. The van der Waals surface area contributed by atoms with Gasteiger partial charge in [0.25, 0.3) is 0 Å². The minimum atomic E-state index is -3.70. The quantitative estimate of drug-likeness (QED) is 0.376. The Kier molecular flexibility index (Phi) is 6.83. The van der Waals surface area contributed by atoms with Crippen molar-refractivity contribution in [2.75, 3.05) is 12.3 Å². The fraction of sp³-hybridized carbons (Fsp3) is 0.167. The van der Waals surface area contributed by atoms with Crippen LogP contribution in [0.1, 0.15) is 11.1 Å². The number of rotatable bonds is 8. The SMILES string of the molecule is Cc1cccc(-n2c(SCC(=O)NCCc3ccc(S(N)(=O)=O)cc3)nc3ccccc32)c1. The summed E-state index contributed by atoms with van der Waals surface area (Å²) in [5.41, 5.74) is 4.95. The number of thioether (sulfide) groups is 1. The highest BCUT2D eigenvalue weighted by atomic mass is 32.2. The van der Waals surface area contributed by atoms with Crippen molar-refractivity contribution < 1.29 is 13.2 Å². The number of sulfonamides is 1. The summed E-state index contributed by atoms with van der Waals surface area (Å²) in [4.78, 5) is 17.3. The van der Waals surface area contributed by atoms with Gasteiger partial charge in [-0.15, -0.1) is 0 Å². The van der Waals surface area contributed by atoms with Crippen molar-refractivity contribution in [2.24, 2.45) is 5.14 Å². The third kappa shape index (κ3) is 5.62. The zero-order valence-corrected chi connectivity index (χ0v) is 19.7. The molecule has 0 spiro atoms. The molecule has 170 valence electrons. The summed E-state index contributed by atoms with van der Waals surface area (Å²) in [5, 5.41) is 8.78.